The van der Waals surface area contributed by atoms with Crippen LogP contribution in [-0.2, 0) is 16.0 Å². The van der Waals surface area contributed by atoms with Crippen LogP contribution in [0.15, 0.2) is 60.0 Å². The molecule has 0 radical (unpaired) electrons. The summed E-state index contributed by atoms with van der Waals surface area (Å²) < 4.78 is 2.10. The third-order valence-corrected chi connectivity index (χ3v) is 5.88. The van der Waals surface area contributed by atoms with Crippen molar-refractivity contribution < 1.29 is 9.59 Å². The zero-order valence-electron chi connectivity index (χ0n) is 16.7. The van der Waals surface area contributed by atoms with Gasteiger partial charge in [0.15, 0.2) is 16.8 Å². The highest BCUT2D eigenvalue weighted by atomic mass is 32.2. The number of rotatable bonds is 9. The number of carbonyl (C=O) groups is 2. The van der Waals surface area contributed by atoms with E-state index in [2.05, 4.69) is 25.1 Å². The Bertz CT molecular complexity index is 1020. The van der Waals surface area contributed by atoms with E-state index in [1.54, 1.807) is 12.4 Å². The molecule has 1 aliphatic rings. The maximum Gasteiger partial charge on any atom is 0.231 e. The maximum atomic E-state index is 12.5. The number of hydrogen-bond donors (Lipinski definition) is 1. The van der Waals surface area contributed by atoms with Crippen molar-refractivity contribution in [3.63, 3.8) is 0 Å². The van der Waals surface area contributed by atoms with Gasteiger partial charge in [-0.25, -0.2) is 0 Å². The van der Waals surface area contributed by atoms with Gasteiger partial charge in [0.2, 0.25) is 5.91 Å². The molecule has 154 valence electrons. The number of carbonyl (C=O) groups excluding carboxylic acids is 2. The van der Waals surface area contributed by atoms with Crippen LogP contribution in [0.1, 0.15) is 31.4 Å². The van der Waals surface area contributed by atoms with Crippen molar-refractivity contribution in [2.24, 2.45) is 0 Å². The van der Waals surface area contributed by atoms with Crippen LogP contribution in [0, 0.1) is 0 Å². The average Bonchev–Trinajstić information content (AvgIpc) is 3.52. The van der Waals surface area contributed by atoms with Gasteiger partial charge in [0.25, 0.3) is 0 Å². The highest BCUT2D eigenvalue weighted by molar-refractivity contribution is 7.99. The number of nitrogens with zero attached hydrogens (tertiary/aromatic N) is 4. The lowest BCUT2D eigenvalue weighted by Gasteiger charge is -2.16. The predicted octanol–water partition coefficient (Wildman–Crippen LogP) is 3.08. The van der Waals surface area contributed by atoms with E-state index in [-0.39, 0.29) is 17.4 Å². The van der Waals surface area contributed by atoms with Crippen molar-refractivity contribution in [3.8, 4) is 11.4 Å². The van der Waals surface area contributed by atoms with Gasteiger partial charge in [-0.05, 0) is 43.9 Å². The summed E-state index contributed by atoms with van der Waals surface area (Å²) in [6.07, 6.45) is 6.13. The van der Waals surface area contributed by atoms with Gasteiger partial charge in [0, 0.05) is 24.0 Å². The minimum absolute atomic E-state index is 0.0581. The van der Waals surface area contributed by atoms with Crippen LogP contribution in [0.4, 0.5) is 0 Å². The Balaban J connectivity index is 1.41. The van der Waals surface area contributed by atoms with Crippen LogP contribution in [-0.4, -0.2) is 43.2 Å². The molecular formula is C22H23N5O2S. The van der Waals surface area contributed by atoms with Gasteiger partial charge >= 0.3 is 0 Å². The highest BCUT2D eigenvalue weighted by Crippen LogP contribution is 2.40. The first-order chi connectivity index (χ1) is 14.6. The number of Topliss-reactive ketones (excluding diaryl/α,β-unsaturated/α-hetero) is 1. The van der Waals surface area contributed by atoms with Crippen molar-refractivity contribution in [1.29, 1.82) is 0 Å². The van der Waals surface area contributed by atoms with E-state index in [0.29, 0.717) is 17.6 Å². The largest absolute Gasteiger partial charge is 0.345 e. The minimum Gasteiger partial charge on any atom is -0.345 e. The molecule has 30 heavy (non-hydrogen) atoms. The lowest BCUT2D eigenvalue weighted by Crippen LogP contribution is -2.42. The van der Waals surface area contributed by atoms with E-state index < -0.39 is 6.04 Å². The number of aromatic nitrogens is 4. The Labute approximate surface area is 179 Å². The topological polar surface area (TPSA) is 89.8 Å². The summed E-state index contributed by atoms with van der Waals surface area (Å²) in [5, 5.41) is 12.2. The van der Waals surface area contributed by atoms with Gasteiger partial charge in [-0.1, -0.05) is 42.1 Å². The molecule has 2 aromatic heterocycles. The summed E-state index contributed by atoms with van der Waals surface area (Å²) in [6, 6.07) is 13.3. The third-order valence-electron chi connectivity index (χ3n) is 4.94. The third kappa shape index (κ3) is 4.94. The molecule has 0 aliphatic heterocycles. The van der Waals surface area contributed by atoms with Gasteiger partial charge in [-0.15, -0.1) is 10.2 Å². The Hall–Kier alpha value is -3.00. The Kier molecular flexibility index (Phi) is 6.23. The number of amides is 1. The summed E-state index contributed by atoms with van der Waals surface area (Å²) in [5.74, 6) is 0.706. The van der Waals surface area contributed by atoms with E-state index in [9.17, 15) is 9.59 Å². The molecule has 1 fully saturated rings. The monoisotopic (exact) mass is 421 g/mol. The summed E-state index contributed by atoms with van der Waals surface area (Å²) in [4.78, 5) is 28.7. The van der Waals surface area contributed by atoms with Gasteiger partial charge in [0.1, 0.15) is 0 Å². The molecule has 0 unspecified atom stereocenters. The van der Waals surface area contributed by atoms with Crippen LogP contribution in [0.5, 0.6) is 0 Å². The van der Waals surface area contributed by atoms with Crippen molar-refractivity contribution in [2.75, 3.05) is 5.75 Å². The SMILES string of the molecule is CC(=O)[C@@H](Cc1ccccc1)NC(=O)CSc1nnc(-c2cccnc2)n1C1CC1. The molecule has 8 heteroatoms. The van der Waals surface area contributed by atoms with E-state index >= 15 is 0 Å². The Morgan fingerprint density at radius 1 is 1.17 bits per heavy atom. The van der Waals surface area contributed by atoms with Crippen LogP contribution in [0.3, 0.4) is 0 Å². The standard InChI is InChI=1S/C22H23N5O2S/c1-15(28)19(12-16-6-3-2-4-7-16)24-20(29)14-30-22-26-25-21(27(22)18-9-10-18)17-8-5-11-23-13-17/h2-8,11,13,18-19H,9-10,12,14H2,1H3,(H,24,29)/t19-/m1/s1. The fourth-order valence-electron chi connectivity index (χ4n) is 3.24. The molecule has 1 aliphatic carbocycles. The molecular weight excluding hydrogens is 398 g/mol. The molecule has 0 saturated heterocycles. The molecule has 1 saturated carbocycles. The average molecular weight is 422 g/mol. The number of nitrogens with one attached hydrogen (secondary N) is 1. The van der Waals surface area contributed by atoms with E-state index in [4.69, 9.17) is 0 Å². The first-order valence-corrected chi connectivity index (χ1v) is 10.9. The van der Waals surface area contributed by atoms with Crippen molar-refractivity contribution in [1.82, 2.24) is 25.1 Å². The molecule has 2 heterocycles. The fourth-order valence-corrected chi connectivity index (χ4v) is 4.06. The lowest BCUT2D eigenvalue weighted by atomic mass is 10.0. The van der Waals surface area contributed by atoms with Gasteiger partial charge in [-0.2, -0.15) is 0 Å². The Morgan fingerprint density at radius 2 is 1.97 bits per heavy atom. The number of thioether (sulfide) groups is 1. The molecule has 4 rings (SSSR count). The van der Waals surface area contributed by atoms with E-state index in [1.807, 2.05) is 42.5 Å². The van der Waals surface area contributed by atoms with E-state index in [1.165, 1.54) is 18.7 Å². The van der Waals surface area contributed by atoms with Gasteiger partial charge < -0.3 is 5.32 Å². The molecule has 7 nitrogen and oxygen atoms in total. The van der Waals surface area contributed by atoms with Crippen LogP contribution >= 0.6 is 11.8 Å². The fraction of sp³-hybridized carbons (Fsp3) is 0.318. The number of hydrogen-bond acceptors (Lipinski definition) is 6. The van der Waals surface area contributed by atoms with Gasteiger partial charge in [0.05, 0.1) is 11.8 Å². The van der Waals surface area contributed by atoms with Crippen molar-refractivity contribution >= 4 is 23.5 Å². The second kappa shape index (κ2) is 9.21. The number of pyridine rings is 1. The highest BCUT2D eigenvalue weighted by Gasteiger charge is 2.30. The minimum atomic E-state index is -0.534. The van der Waals surface area contributed by atoms with Crippen LogP contribution < -0.4 is 5.32 Å². The first kappa shape index (κ1) is 20.3. The van der Waals surface area contributed by atoms with Crippen LogP contribution in [0.2, 0.25) is 0 Å². The van der Waals surface area contributed by atoms with E-state index in [0.717, 1.165) is 29.8 Å². The number of ketones is 1. The maximum absolute atomic E-state index is 12.5. The lowest BCUT2D eigenvalue weighted by molar-refractivity contribution is -0.125. The van der Waals surface area contributed by atoms with Gasteiger partial charge in [-0.3, -0.25) is 19.1 Å². The number of benzene rings is 1. The Morgan fingerprint density at radius 3 is 2.63 bits per heavy atom. The summed E-state index contributed by atoms with van der Waals surface area (Å²) in [6.45, 7) is 1.50. The molecule has 0 spiro atoms. The normalized spacial score (nSPS) is 14.3. The molecule has 3 aromatic rings. The molecule has 1 atom stereocenters. The molecule has 1 aromatic carbocycles. The quantitative estimate of drug-likeness (QED) is 0.534. The summed E-state index contributed by atoms with van der Waals surface area (Å²) in [7, 11) is 0. The second-order valence-electron chi connectivity index (χ2n) is 7.36. The van der Waals surface area contributed by atoms with Crippen molar-refractivity contribution in [3.05, 3.63) is 60.4 Å². The zero-order valence-corrected chi connectivity index (χ0v) is 17.5. The summed E-state index contributed by atoms with van der Waals surface area (Å²) in [5.41, 5.74) is 1.92. The summed E-state index contributed by atoms with van der Waals surface area (Å²) >= 11 is 1.34. The molecule has 1 N–H and O–H groups in total. The molecule has 0 bridgehead atoms. The predicted molar refractivity (Wildman–Crippen MR) is 115 cm³/mol. The molecule has 1 amide bonds. The second-order valence-corrected chi connectivity index (χ2v) is 8.30. The van der Waals surface area contributed by atoms with Crippen LogP contribution in [0.25, 0.3) is 11.4 Å². The first-order valence-electron chi connectivity index (χ1n) is 9.93. The smallest absolute Gasteiger partial charge is 0.231 e. The zero-order chi connectivity index (χ0) is 20.9. The van der Waals surface area contributed by atoms with Crippen molar-refractivity contribution in [2.45, 2.75) is 43.4 Å².